The molecule has 0 aliphatic rings. The minimum atomic E-state index is -1.19. The van der Waals surface area contributed by atoms with E-state index in [1.54, 1.807) is 0 Å². The number of aliphatic hydroxyl groups excluding tert-OH is 1. The van der Waals surface area contributed by atoms with Crippen LogP contribution < -0.4 is 10.6 Å². The Labute approximate surface area is 80.1 Å². The fourth-order valence-electron chi connectivity index (χ4n) is 0.786. The van der Waals surface area contributed by atoms with Gasteiger partial charge in [-0.1, -0.05) is 0 Å². The van der Waals surface area contributed by atoms with Crippen molar-refractivity contribution in [3.05, 3.63) is 0 Å². The van der Waals surface area contributed by atoms with Gasteiger partial charge in [-0.3, -0.25) is 14.4 Å². The molecule has 7 heteroatoms. The van der Waals surface area contributed by atoms with Crippen molar-refractivity contribution in [2.75, 3.05) is 13.2 Å². The number of amides is 2. The maximum Gasteiger partial charge on any atom is 0.305 e. The lowest BCUT2D eigenvalue weighted by atomic mass is 10.2. The van der Waals surface area contributed by atoms with Crippen LogP contribution in [0.5, 0.6) is 0 Å². The number of hydrogen-bond donors (Lipinski definition) is 4. The summed E-state index contributed by atoms with van der Waals surface area (Å²) in [5, 5.41) is 21.1. The Morgan fingerprint density at radius 2 is 2.07 bits per heavy atom. The Morgan fingerprint density at radius 3 is 2.50 bits per heavy atom. The number of carboxylic acid groups (broad SMARTS) is 1. The predicted molar refractivity (Wildman–Crippen MR) is 45.3 cm³/mol. The molecule has 2 amide bonds. The van der Waals surface area contributed by atoms with Crippen molar-refractivity contribution in [1.82, 2.24) is 10.6 Å². The number of rotatable bonds is 7. The Bertz CT molecular complexity index is 218. The first-order valence-electron chi connectivity index (χ1n) is 3.92. The molecule has 0 aromatic carbocycles. The first-order valence-corrected chi connectivity index (χ1v) is 3.92. The number of carbonyl (C=O) groups excluding carboxylic acids is 2. The van der Waals surface area contributed by atoms with Crippen molar-refractivity contribution in [2.24, 2.45) is 0 Å². The number of carboxylic acids is 1. The first kappa shape index (κ1) is 12.4. The van der Waals surface area contributed by atoms with Gasteiger partial charge in [0, 0.05) is 6.54 Å². The molecule has 0 saturated heterocycles. The highest BCUT2D eigenvalue weighted by atomic mass is 16.4. The van der Waals surface area contributed by atoms with Crippen molar-refractivity contribution < 1.29 is 24.6 Å². The van der Waals surface area contributed by atoms with E-state index >= 15 is 0 Å². The highest BCUT2D eigenvalue weighted by Crippen LogP contribution is 1.91. The molecule has 0 heterocycles. The third-order valence-electron chi connectivity index (χ3n) is 1.38. The summed E-state index contributed by atoms with van der Waals surface area (Å²) >= 11 is 0. The van der Waals surface area contributed by atoms with E-state index in [9.17, 15) is 14.4 Å². The van der Waals surface area contributed by atoms with Crippen LogP contribution in [-0.2, 0) is 14.4 Å². The van der Waals surface area contributed by atoms with Crippen molar-refractivity contribution >= 4 is 18.3 Å². The number of hydrogen-bond acceptors (Lipinski definition) is 4. The van der Waals surface area contributed by atoms with Crippen LogP contribution >= 0.6 is 0 Å². The summed E-state index contributed by atoms with van der Waals surface area (Å²) in [7, 11) is 0. The normalized spacial score (nSPS) is 11.5. The lowest BCUT2D eigenvalue weighted by Crippen LogP contribution is -2.45. The molecule has 0 fully saturated rings. The van der Waals surface area contributed by atoms with E-state index in [2.05, 4.69) is 10.6 Å². The van der Waals surface area contributed by atoms with E-state index in [-0.39, 0.29) is 19.6 Å². The second-order valence-corrected chi connectivity index (χ2v) is 2.45. The Balaban J connectivity index is 4.10. The fraction of sp³-hybridized carbons (Fsp3) is 0.571. The predicted octanol–water partition coefficient (Wildman–Crippen LogP) is -2.32. The van der Waals surface area contributed by atoms with Gasteiger partial charge >= 0.3 is 5.97 Å². The second kappa shape index (κ2) is 6.84. The van der Waals surface area contributed by atoms with Crippen LogP contribution in [0.25, 0.3) is 0 Å². The smallest absolute Gasteiger partial charge is 0.305 e. The van der Waals surface area contributed by atoms with Gasteiger partial charge in [0.25, 0.3) is 0 Å². The zero-order chi connectivity index (χ0) is 11.0. The zero-order valence-electron chi connectivity index (χ0n) is 7.40. The minimum Gasteiger partial charge on any atom is -0.481 e. The van der Waals surface area contributed by atoms with E-state index in [0.717, 1.165) is 0 Å². The average Bonchev–Trinajstić information content (AvgIpc) is 2.13. The van der Waals surface area contributed by atoms with Gasteiger partial charge in [0.15, 0.2) is 0 Å². The lowest BCUT2D eigenvalue weighted by Gasteiger charge is -2.12. The van der Waals surface area contributed by atoms with E-state index < -0.39 is 24.3 Å². The molecule has 0 spiro atoms. The van der Waals surface area contributed by atoms with Gasteiger partial charge in [0.1, 0.15) is 6.04 Å². The molecule has 4 N–H and O–H groups in total. The molecular weight excluding hydrogens is 192 g/mol. The van der Waals surface area contributed by atoms with Crippen molar-refractivity contribution in [3.8, 4) is 0 Å². The standard InChI is InChI=1S/C7H12N2O5/c10-2-1-8-7(14)5(9-4-11)3-6(12)13/h4-5,10H,1-3H2,(H,8,14)(H,9,11)(H,12,13)/t5-/m1/s1. The molecule has 14 heavy (non-hydrogen) atoms. The van der Waals surface area contributed by atoms with Crippen molar-refractivity contribution in [3.63, 3.8) is 0 Å². The van der Waals surface area contributed by atoms with Gasteiger partial charge in [0.05, 0.1) is 13.0 Å². The molecule has 80 valence electrons. The second-order valence-electron chi connectivity index (χ2n) is 2.45. The molecule has 1 atom stereocenters. The Morgan fingerprint density at radius 1 is 1.43 bits per heavy atom. The van der Waals surface area contributed by atoms with Gasteiger partial charge in [-0.05, 0) is 0 Å². The molecule has 0 rings (SSSR count). The van der Waals surface area contributed by atoms with Crippen molar-refractivity contribution in [1.29, 1.82) is 0 Å². The van der Waals surface area contributed by atoms with Crippen LogP contribution in [0.2, 0.25) is 0 Å². The summed E-state index contributed by atoms with van der Waals surface area (Å²) in [5.41, 5.74) is 0. The summed E-state index contributed by atoms with van der Waals surface area (Å²) in [6.07, 6.45) is -0.234. The highest BCUT2D eigenvalue weighted by molar-refractivity contribution is 5.87. The SMILES string of the molecule is O=CN[C@H](CC(=O)O)C(=O)NCCO. The molecule has 0 saturated carbocycles. The molecule has 0 aliphatic heterocycles. The summed E-state index contributed by atoms with van der Waals surface area (Å²) in [6, 6.07) is -1.10. The molecule has 0 aliphatic carbocycles. The monoisotopic (exact) mass is 204 g/mol. The molecule has 0 unspecified atom stereocenters. The number of carbonyl (C=O) groups is 3. The fourth-order valence-corrected chi connectivity index (χ4v) is 0.786. The van der Waals surface area contributed by atoms with E-state index in [4.69, 9.17) is 10.2 Å². The Kier molecular flexibility index (Phi) is 6.04. The number of nitrogens with one attached hydrogen (secondary N) is 2. The number of aliphatic carboxylic acids is 1. The van der Waals surface area contributed by atoms with Crippen LogP contribution in [0.1, 0.15) is 6.42 Å². The average molecular weight is 204 g/mol. The van der Waals surface area contributed by atoms with E-state index in [0.29, 0.717) is 0 Å². The lowest BCUT2D eigenvalue weighted by molar-refractivity contribution is -0.140. The molecular formula is C7H12N2O5. The first-order chi connectivity index (χ1) is 6.61. The van der Waals surface area contributed by atoms with E-state index in [1.807, 2.05) is 0 Å². The van der Waals surface area contributed by atoms with Gasteiger partial charge in [0.2, 0.25) is 12.3 Å². The maximum absolute atomic E-state index is 11.1. The minimum absolute atomic E-state index is 0.0233. The van der Waals surface area contributed by atoms with E-state index in [1.165, 1.54) is 0 Å². The van der Waals surface area contributed by atoms with Crippen LogP contribution in [0.4, 0.5) is 0 Å². The van der Waals surface area contributed by atoms with Gasteiger partial charge in [-0.2, -0.15) is 0 Å². The van der Waals surface area contributed by atoms with Gasteiger partial charge in [-0.25, -0.2) is 0 Å². The van der Waals surface area contributed by atoms with Gasteiger partial charge < -0.3 is 20.8 Å². The molecule has 7 nitrogen and oxygen atoms in total. The zero-order valence-corrected chi connectivity index (χ0v) is 7.40. The maximum atomic E-state index is 11.1. The summed E-state index contributed by atoms with van der Waals surface area (Å²) in [4.78, 5) is 31.4. The van der Waals surface area contributed by atoms with Crippen LogP contribution in [0, 0.1) is 0 Å². The third-order valence-corrected chi connectivity index (χ3v) is 1.38. The summed E-state index contributed by atoms with van der Waals surface area (Å²) in [6.45, 7) is -0.220. The van der Waals surface area contributed by atoms with Crippen molar-refractivity contribution in [2.45, 2.75) is 12.5 Å². The third kappa shape index (κ3) is 5.09. The summed E-state index contributed by atoms with van der Waals surface area (Å²) in [5.74, 6) is -1.82. The quantitative estimate of drug-likeness (QED) is 0.347. The number of aliphatic hydroxyl groups is 1. The molecule has 0 radical (unpaired) electrons. The van der Waals surface area contributed by atoms with Crippen LogP contribution in [-0.4, -0.2) is 47.7 Å². The van der Waals surface area contributed by atoms with Crippen LogP contribution in [0.15, 0.2) is 0 Å². The Hall–Kier alpha value is -1.63. The highest BCUT2D eigenvalue weighted by Gasteiger charge is 2.19. The van der Waals surface area contributed by atoms with Crippen LogP contribution in [0.3, 0.4) is 0 Å². The molecule has 0 bridgehead atoms. The molecule has 0 aromatic heterocycles. The topological polar surface area (TPSA) is 116 Å². The molecule has 0 aromatic rings. The largest absolute Gasteiger partial charge is 0.481 e. The summed E-state index contributed by atoms with van der Waals surface area (Å²) < 4.78 is 0. The van der Waals surface area contributed by atoms with Gasteiger partial charge in [-0.15, -0.1) is 0 Å².